The van der Waals surface area contributed by atoms with Gasteiger partial charge in [0.05, 0.1) is 5.92 Å². The topological polar surface area (TPSA) is 43.9 Å². The molecule has 5 rings (SSSR count). The zero-order valence-electron chi connectivity index (χ0n) is 17.8. The lowest BCUT2D eigenvalue weighted by Crippen LogP contribution is -2.55. The molecular formula is C25H30ClN3O2. The lowest BCUT2D eigenvalue weighted by atomic mass is 9.94. The second kappa shape index (κ2) is 9.41. The molecule has 2 unspecified atom stereocenters. The van der Waals surface area contributed by atoms with Gasteiger partial charge in [0.25, 0.3) is 0 Å². The fourth-order valence-corrected chi connectivity index (χ4v) is 5.33. The largest absolute Gasteiger partial charge is 0.366 e. The van der Waals surface area contributed by atoms with Crippen LogP contribution in [0.15, 0.2) is 54.6 Å². The monoisotopic (exact) mass is 439 g/mol. The minimum Gasteiger partial charge on any atom is -0.366 e. The van der Waals surface area contributed by atoms with E-state index in [9.17, 15) is 9.59 Å². The number of piperazine rings is 1. The number of hydrogen-bond donors (Lipinski definition) is 0. The maximum absolute atomic E-state index is 12.8. The van der Waals surface area contributed by atoms with Crippen molar-refractivity contribution in [2.75, 3.05) is 37.6 Å². The van der Waals surface area contributed by atoms with Crippen LogP contribution in [0, 0.1) is 0 Å². The number of amides is 2. The molecular weight excluding hydrogens is 410 g/mol. The van der Waals surface area contributed by atoms with Gasteiger partial charge < -0.3 is 4.90 Å². The summed E-state index contributed by atoms with van der Waals surface area (Å²) in [6.45, 7) is 4.65. The van der Waals surface area contributed by atoms with E-state index >= 15 is 0 Å². The predicted octanol–water partition coefficient (Wildman–Crippen LogP) is 3.48. The first-order valence-electron chi connectivity index (χ1n) is 11.2. The van der Waals surface area contributed by atoms with E-state index in [-0.39, 0.29) is 30.1 Å². The van der Waals surface area contributed by atoms with Crippen LogP contribution in [0.25, 0.3) is 0 Å². The van der Waals surface area contributed by atoms with Crippen molar-refractivity contribution in [2.45, 2.75) is 37.6 Å². The van der Waals surface area contributed by atoms with E-state index < -0.39 is 0 Å². The van der Waals surface area contributed by atoms with Crippen molar-refractivity contribution in [1.82, 2.24) is 9.80 Å². The van der Waals surface area contributed by atoms with Crippen molar-refractivity contribution >= 4 is 29.9 Å². The van der Waals surface area contributed by atoms with Gasteiger partial charge >= 0.3 is 0 Å². The number of likely N-dealkylation sites (tertiary alicyclic amines) is 1. The van der Waals surface area contributed by atoms with Crippen LogP contribution in [0.3, 0.4) is 0 Å². The molecule has 0 bridgehead atoms. The Labute approximate surface area is 190 Å². The molecule has 2 saturated heterocycles. The zero-order chi connectivity index (χ0) is 20.5. The molecule has 2 amide bonds. The smallest absolute Gasteiger partial charge is 0.237 e. The number of fused-ring (bicyclic) bond motifs is 3. The maximum Gasteiger partial charge on any atom is 0.237 e. The Morgan fingerprint density at radius 1 is 0.903 bits per heavy atom. The lowest BCUT2D eigenvalue weighted by Gasteiger charge is -2.46. The fraction of sp³-hybridized carbons (Fsp3) is 0.440. The highest BCUT2D eigenvalue weighted by atomic mass is 35.5. The third-order valence-corrected chi connectivity index (χ3v) is 6.92. The van der Waals surface area contributed by atoms with Gasteiger partial charge in [0.15, 0.2) is 0 Å². The molecule has 2 atom stereocenters. The summed E-state index contributed by atoms with van der Waals surface area (Å²) in [5, 5.41) is 0. The summed E-state index contributed by atoms with van der Waals surface area (Å²) in [7, 11) is 0. The summed E-state index contributed by atoms with van der Waals surface area (Å²) < 4.78 is 0. The van der Waals surface area contributed by atoms with Crippen molar-refractivity contribution in [1.29, 1.82) is 0 Å². The number of nitrogens with zero attached hydrogens (tertiary/aromatic N) is 3. The van der Waals surface area contributed by atoms with Crippen LogP contribution in [-0.4, -0.2) is 60.4 Å². The standard InChI is InChI=1S/C25H29N3O2.ClH/c29-24-17-22(19-7-2-1-3-8-19)25(30)28(24)14-6-13-26-15-16-27-21(18-26)12-11-20-9-4-5-10-23(20)27;/h1-5,7-10,21-22H,6,11-18H2;1H. The third kappa shape index (κ3) is 4.35. The van der Waals surface area contributed by atoms with Crippen molar-refractivity contribution < 1.29 is 9.59 Å². The van der Waals surface area contributed by atoms with Crippen LogP contribution < -0.4 is 4.90 Å². The normalized spacial score (nSPS) is 23.4. The first-order chi connectivity index (χ1) is 14.7. The molecule has 0 aromatic heterocycles. The van der Waals surface area contributed by atoms with Crippen molar-refractivity contribution in [3.8, 4) is 0 Å². The first-order valence-corrected chi connectivity index (χ1v) is 11.2. The fourth-order valence-electron chi connectivity index (χ4n) is 5.33. The summed E-state index contributed by atoms with van der Waals surface area (Å²) in [6, 6.07) is 19.0. The highest BCUT2D eigenvalue weighted by Gasteiger charge is 2.39. The van der Waals surface area contributed by atoms with Crippen LogP contribution in [0.4, 0.5) is 5.69 Å². The molecule has 0 aliphatic carbocycles. The summed E-state index contributed by atoms with van der Waals surface area (Å²) >= 11 is 0. The molecule has 5 nitrogen and oxygen atoms in total. The van der Waals surface area contributed by atoms with Gasteiger partial charge in [0, 0.05) is 44.3 Å². The van der Waals surface area contributed by atoms with Crippen LogP contribution in [-0.2, 0) is 16.0 Å². The van der Waals surface area contributed by atoms with Gasteiger partial charge in [0.2, 0.25) is 11.8 Å². The molecule has 0 radical (unpaired) electrons. The van der Waals surface area contributed by atoms with Gasteiger partial charge in [-0.15, -0.1) is 12.4 Å². The predicted molar refractivity (Wildman–Crippen MR) is 125 cm³/mol. The van der Waals surface area contributed by atoms with Crippen LogP contribution in [0.5, 0.6) is 0 Å². The molecule has 0 N–H and O–H groups in total. The average molecular weight is 440 g/mol. The van der Waals surface area contributed by atoms with E-state index in [2.05, 4.69) is 34.1 Å². The number of carbonyl (C=O) groups excluding carboxylic acids is 2. The van der Waals surface area contributed by atoms with E-state index in [0.29, 0.717) is 19.0 Å². The van der Waals surface area contributed by atoms with Gasteiger partial charge in [-0.05, 0) is 43.0 Å². The molecule has 3 aliphatic rings. The van der Waals surface area contributed by atoms with E-state index in [4.69, 9.17) is 0 Å². The van der Waals surface area contributed by atoms with Crippen molar-refractivity contribution in [2.24, 2.45) is 0 Å². The Hall–Kier alpha value is -2.37. The number of carbonyl (C=O) groups is 2. The number of hydrogen-bond acceptors (Lipinski definition) is 4. The molecule has 2 fully saturated rings. The second-order valence-electron chi connectivity index (χ2n) is 8.72. The molecule has 2 aromatic carbocycles. The van der Waals surface area contributed by atoms with Gasteiger partial charge in [0.1, 0.15) is 0 Å². The number of anilines is 1. The van der Waals surface area contributed by atoms with Gasteiger partial charge in [-0.25, -0.2) is 0 Å². The molecule has 0 spiro atoms. The average Bonchev–Trinajstić information content (AvgIpc) is 3.08. The highest BCUT2D eigenvalue weighted by molar-refractivity contribution is 6.06. The molecule has 164 valence electrons. The zero-order valence-corrected chi connectivity index (χ0v) is 18.6. The lowest BCUT2D eigenvalue weighted by molar-refractivity contribution is -0.138. The van der Waals surface area contributed by atoms with E-state index in [0.717, 1.165) is 44.6 Å². The first kappa shape index (κ1) is 21.8. The Bertz CT molecular complexity index is 935. The number of para-hydroxylation sites is 1. The van der Waals surface area contributed by atoms with Crippen molar-refractivity contribution in [3.63, 3.8) is 0 Å². The van der Waals surface area contributed by atoms with Gasteiger partial charge in [-0.2, -0.15) is 0 Å². The summed E-state index contributed by atoms with van der Waals surface area (Å²) in [5.74, 6) is -0.355. The molecule has 3 heterocycles. The van der Waals surface area contributed by atoms with Crippen LogP contribution in [0.2, 0.25) is 0 Å². The second-order valence-corrected chi connectivity index (χ2v) is 8.72. The Balaban J connectivity index is 0.00000231. The highest BCUT2D eigenvalue weighted by Crippen LogP contribution is 2.33. The minimum atomic E-state index is -0.301. The van der Waals surface area contributed by atoms with Crippen LogP contribution >= 0.6 is 12.4 Å². The van der Waals surface area contributed by atoms with Gasteiger partial charge in [-0.1, -0.05) is 48.5 Å². The Morgan fingerprint density at radius 2 is 1.68 bits per heavy atom. The maximum atomic E-state index is 12.8. The number of aryl methyl sites for hydroxylation is 1. The SMILES string of the molecule is Cl.O=C1CC(c2ccccc2)C(=O)N1CCCN1CCN2c3ccccc3CCC2C1. The van der Waals surface area contributed by atoms with E-state index in [1.165, 1.54) is 22.6 Å². The quantitative estimate of drug-likeness (QED) is 0.669. The summed E-state index contributed by atoms with van der Waals surface area (Å²) in [5.41, 5.74) is 3.84. The molecule has 2 aromatic rings. The number of rotatable bonds is 5. The summed E-state index contributed by atoms with van der Waals surface area (Å²) in [4.78, 5) is 31.8. The van der Waals surface area contributed by atoms with E-state index in [1.54, 1.807) is 0 Å². The Kier molecular flexibility index (Phi) is 6.63. The molecule has 31 heavy (non-hydrogen) atoms. The van der Waals surface area contributed by atoms with Crippen LogP contribution in [0.1, 0.15) is 36.3 Å². The van der Waals surface area contributed by atoms with Crippen molar-refractivity contribution in [3.05, 3.63) is 65.7 Å². The minimum absolute atomic E-state index is 0. The van der Waals surface area contributed by atoms with E-state index in [1.807, 2.05) is 30.3 Å². The number of halogens is 1. The third-order valence-electron chi connectivity index (χ3n) is 6.92. The summed E-state index contributed by atoms with van der Waals surface area (Å²) in [6.07, 6.45) is 3.52. The molecule has 6 heteroatoms. The molecule has 0 saturated carbocycles. The Morgan fingerprint density at radius 3 is 2.52 bits per heavy atom. The number of benzene rings is 2. The molecule has 3 aliphatic heterocycles. The number of imide groups is 1. The van der Waals surface area contributed by atoms with Gasteiger partial charge in [-0.3, -0.25) is 19.4 Å².